The van der Waals surface area contributed by atoms with Crippen LogP contribution in [0.25, 0.3) is 0 Å². The first-order valence-electron chi connectivity index (χ1n) is 17.7. The number of aliphatic hydroxyl groups is 1. The number of hydrogen-bond acceptors (Lipinski definition) is 8. The fraction of sp³-hybridized carbons (Fsp3) is 0.658. The number of carbonyl (C=O) groups is 3. The first-order valence-corrected chi connectivity index (χ1v) is 17.7. The monoisotopic (exact) mass is 707 g/mol. The molecule has 0 unspecified atom stereocenters. The Morgan fingerprint density at radius 2 is 1.64 bits per heavy atom. The zero-order valence-corrected chi connectivity index (χ0v) is 29.7. The van der Waals surface area contributed by atoms with Gasteiger partial charge in [0.05, 0.1) is 26.2 Å². The molecule has 0 saturated carbocycles. The summed E-state index contributed by atoms with van der Waals surface area (Å²) in [6.45, 7) is 5.27. The topological polar surface area (TPSA) is 141 Å². The molecule has 1 saturated heterocycles. The van der Waals surface area contributed by atoms with Gasteiger partial charge in [0, 0.05) is 25.7 Å². The number of esters is 1. The number of methoxy groups -OCH3 is 1. The summed E-state index contributed by atoms with van der Waals surface area (Å²) in [4.78, 5) is 38.3. The van der Waals surface area contributed by atoms with E-state index in [1.807, 2.05) is 0 Å². The molecule has 2 rings (SSSR count). The van der Waals surface area contributed by atoms with Crippen LogP contribution in [0.4, 0.5) is 8.78 Å². The third-order valence-electron chi connectivity index (χ3n) is 8.77. The van der Waals surface area contributed by atoms with Gasteiger partial charge in [-0.2, -0.15) is 0 Å². The van der Waals surface area contributed by atoms with Gasteiger partial charge in [0.25, 0.3) is 0 Å². The number of carboxylic acid groups (broad SMARTS) is 1. The number of ether oxygens (including phenoxy) is 4. The summed E-state index contributed by atoms with van der Waals surface area (Å²) in [5, 5.41) is 23.2. The molecule has 1 aromatic rings. The minimum Gasteiger partial charge on any atom is -0.481 e. The standard InChI is InChI=1S/C38H55F2NO9/c1-4-6-8-12-15-22-37(49-25-26-50-37)23-16-13-10-9-11-14-17-31(38(46,36(44)45)28-33(39)40)34(42)41-32(35(43)47-3)27-29-18-20-30(21-19-29)48-24-7-5-2/h14,17-21,31-33,46H,4,6,8-13,15-16,22-28H2,1-3H3,(H,41,42)(H,44,45)/t31-,32+,38+/m1/s1. The number of carboxylic acids is 1. The maximum atomic E-state index is 13.5. The lowest BCUT2D eigenvalue weighted by Crippen LogP contribution is -2.55. The van der Waals surface area contributed by atoms with Gasteiger partial charge in [-0.05, 0) is 50.3 Å². The van der Waals surface area contributed by atoms with Crippen LogP contribution in [0.15, 0.2) is 36.4 Å². The second-order valence-corrected chi connectivity index (χ2v) is 12.6. The van der Waals surface area contributed by atoms with Crippen LogP contribution in [0.3, 0.4) is 0 Å². The van der Waals surface area contributed by atoms with Crippen molar-refractivity contribution in [3.63, 3.8) is 0 Å². The number of aliphatic carboxylic acids is 1. The zero-order chi connectivity index (χ0) is 36.8. The van der Waals surface area contributed by atoms with E-state index in [0.717, 1.165) is 58.1 Å². The molecular formula is C38H55F2NO9. The fourth-order valence-electron chi connectivity index (χ4n) is 5.94. The van der Waals surface area contributed by atoms with Crippen molar-refractivity contribution in [3.05, 3.63) is 42.0 Å². The summed E-state index contributed by atoms with van der Waals surface area (Å²) >= 11 is 0. The maximum Gasteiger partial charge on any atom is 0.337 e. The Labute approximate surface area is 295 Å². The lowest BCUT2D eigenvalue weighted by molar-refractivity contribution is -0.171. The summed E-state index contributed by atoms with van der Waals surface area (Å²) in [6, 6.07) is 5.36. The van der Waals surface area contributed by atoms with E-state index in [2.05, 4.69) is 24.1 Å². The SMILES string of the molecule is CC#CCOc1ccc(C[C@H](NC(=O)[C@@H](C=CCCCCCCC2(CCCCCCC)OCCO2)[C@@](O)(CC(F)F)C(=O)O)C(=O)OC)cc1. The molecule has 1 aliphatic heterocycles. The van der Waals surface area contributed by atoms with Gasteiger partial charge in [0.15, 0.2) is 11.4 Å². The smallest absolute Gasteiger partial charge is 0.337 e. The molecular weight excluding hydrogens is 652 g/mol. The number of halogens is 2. The number of rotatable bonds is 25. The number of allylic oxidation sites excluding steroid dienone is 1. The second-order valence-electron chi connectivity index (χ2n) is 12.6. The molecule has 10 nitrogen and oxygen atoms in total. The molecule has 280 valence electrons. The van der Waals surface area contributed by atoms with Crippen molar-refractivity contribution in [2.24, 2.45) is 5.92 Å². The molecule has 50 heavy (non-hydrogen) atoms. The van der Waals surface area contributed by atoms with Crippen LogP contribution in [0.1, 0.15) is 103 Å². The summed E-state index contributed by atoms with van der Waals surface area (Å²) in [5.74, 6) is -0.303. The van der Waals surface area contributed by atoms with E-state index in [-0.39, 0.29) is 13.0 Å². The number of nitrogens with one attached hydrogen (secondary N) is 1. The van der Waals surface area contributed by atoms with Crippen molar-refractivity contribution in [2.75, 3.05) is 26.9 Å². The number of carbonyl (C=O) groups excluding carboxylic acids is 2. The molecule has 0 spiro atoms. The first kappa shape index (κ1) is 42.6. The Balaban J connectivity index is 2.03. The third kappa shape index (κ3) is 14.8. The highest BCUT2D eigenvalue weighted by Crippen LogP contribution is 2.32. The van der Waals surface area contributed by atoms with E-state index in [1.54, 1.807) is 31.2 Å². The Morgan fingerprint density at radius 1 is 1.02 bits per heavy atom. The van der Waals surface area contributed by atoms with E-state index in [4.69, 9.17) is 18.9 Å². The highest BCUT2D eigenvalue weighted by Gasteiger charge is 2.49. The third-order valence-corrected chi connectivity index (χ3v) is 8.77. The van der Waals surface area contributed by atoms with Gasteiger partial charge in [-0.15, -0.1) is 5.92 Å². The molecule has 1 aromatic carbocycles. The lowest BCUT2D eigenvalue weighted by atomic mass is 9.82. The summed E-state index contributed by atoms with van der Waals surface area (Å²) in [5.41, 5.74) is -2.52. The van der Waals surface area contributed by atoms with Crippen molar-refractivity contribution >= 4 is 17.8 Å². The number of hydrogen-bond donors (Lipinski definition) is 3. The lowest BCUT2D eigenvalue weighted by Gasteiger charge is -2.30. The number of alkyl halides is 2. The van der Waals surface area contributed by atoms with Crippen molar-refractivity contribution in [3.8, 4) is 17.6 Å². The highest BCUT2D eigenvalue weighted by atomic mass is 19.3. The van der Waals surface area contributed by atoms with Gasteiger partial charge >= 0.3 is 11.9 Å². The average Bonchev–Trinajstić information content (AvgIpc) is 3.55. The Bertz CT molecular complexity index is 1250. The number of benzene rings is 1. The van der Waals surface area contributed by atoms with Crippen LogP contribution in [-0.2, 0) is 35.0 Å². The van der Waals surface area contributed by atoms with E-state index in [0.29, 0.717) is 37.4 Å². The summed E-state index contributed by atoms with van der Waals surface area (Å²) in [7, 11) is 1.12. The molecule has 12 heteroatoms. The maximum absolute atomic E-state index is 13.5. The molecule has 3 N–H and O–H groups in total. The first-order chi connectivity index (χ1) is 24.0. The van der Waals surface area contributed by atoms with Crippen LogP contribution >= 0.6 is 0 Å². The largest absolute Gasteiger partial charge is 0.481 e. The van der Waals surface area contributed by atoms with Crippen molar-refractivity contribution in [1.82, 2.24) is 5.32 Å². The zero-order valence-electron chi connectivity index (χ0n) is 29.7. The Kier molecular flexibility index (Phi) is 19.6. The van der Waals surface area contributed by atoms with E-state index in [9.17, 15) is 33.4 Å². The van der Waals surface area contributed by atoms with E-state index in [1.165, 1.54) is 25.3 Å². The molecule has 0 radical (unpaired) electrons. The van der Waals surface area contributed by atoms with Crippen molar-refractivity contribution in [2.45, 2.75) is 128 Å². The summed E-state index contributed by atoms with van der Waals surface area (Å²) in [6.07, 6.45) is 9.15. The highest BCUT2D eigenvalue weighted by molar-refractivity contribution is 5.92. The van der Waals surface area contributed by atoms with Crippen LogP contribution in [0.5, 0.6) is 5.75 Å². The minimum atomic E-state index is -3.22. The van der Waals surface area contributed by atoms with Crippen LogP contribution in [0.2, 0.25) is 0 Å². The average molecular weight is 708 g/mol. The van der Waals surface area contributed by atoms with Gasteiger partial charge in [-0.3, -0.25) is 4.79 Å². The predicted octanol–water partition coefficient (Wildman–Crippen LogP) is 6.38. The van der Waals surface area contributed by atoms with Gasteiger partial charge in [0.1, 0.15) is 18.4 Å². The fourth-order valence-corrected chi connectivity index (χ4v) is 5.94. The van der Waals surface area contributed by atoms with Crippen molar-refractivity contribution in [1.29, 1.82) is 0 Å². The molecule has 1 fully saturated rings. The van der Waals surface area contributed by atoms with Gasteiger partial charge in [-0.1, -0.05) is 75.7 Å². The minimum absolute atomic E-state index is 0.0551. The quantitative estimate of drug-likeness (QED) is 0.0457. The second kappa shape index (κ2) is 23.0. The molecule has 0 bridgehead atoms. The van der Waals surface area contributed by atoms with Crippen LogP contribution in [0, 0.1) is 17.8 Å². The molecule has 1 aliphatic rings. The molecule has 3 atom stereocenters. The predicted molar refractivity (Wildman–Crippen MR) is 185 cm³/mol. The van der Waals surface area contributed by atoms with Gasteiger partial charge in [0.2, 0.25) is 12.3 Å². The van der Waals surface area contributed by atoms with Gasteiger partial charge in [-0.25, -0.2) is 18.4 Å². The van der Waals surface area contributed by atoms with E-state index >= 15 is 0 Å². The Morgan fingerprint density at radius 3 is 2.20 bits per heavy atom. The van der Waals surface area contributed by atoms with Crippen molar-refractivity contribution < 1.29 is 52.3 Å². The molecule has 0 aromatic heterocycles. The number of amides is 1. The molecule has 1 heterocycles. The van der Waals surface area contributed by atoms with Gasteiger partial charge < -0.3 is 34.5 Å². The number of unbranched alkanes of at least 4 members (excludes halogenated alkanes) is 8. The molecule has 1 amide bonds. The Hall–Kier alpha value is -3.53. The molecule has 0 aliphatic carbocycles. The summed E-state index contributed by atoms with van der Waals surface area (Å²) < 4.78 is 49.3. The van der Waals surface area contributed by atoms with E-state index < -0.39 is 54.0 Å². The van der Waals surface area contributed by atoms with Crippen LogP contribution in [-0.4, -0.2) is 78.8 Å². The normalized spacial score (nSPS) is 16.3. The van der Waals surface area contributed by atoms with Crippen LogP contribution < -0.4 is 10.1 Å².